The van der Waals surface area contributed by atoms with E-state index in [1.54, 1.807) is 58.9 Å². The summed E-state index contributed by atoms with van der Waals surface area (Å²) in [7, 11) is 0. The number of carboxylic acids is 1. The van der Waals surface area contributed by atoms with E-state index in [0.29, 0.717) is 18.9 Å². The Morgan fingerprint density at radius 1 is 0.873 bits per heavy atom. The molecule has 12 heteroatoms. The monoisotopic (exact) mass is 755 g/mol. The van der Waals surface area contributed by atoms with E-state index in [9.17, 15) is 23.9 Å². The van der Waals surface area contributed by atoms with Gasteiger partial charge in [0.2, 0.25) is 5.91 Å². The second kappa shape index (κ2) is 17.6. The van der Waals surface area contributed by atoms with Crippen LogP contribution in [0.4, 0.5) is 19.3 Å². The quantitative estimate of drug-likeness (QED) is 0.119. The molecule has 290 valence electrons. The molecule has 0 saturated carbocycles. The first-order chi connectivity index (χ1) is 26.1. The van der Waals surface area contributed by atoms with E-state index < -0.39 is 70.7 Å². The number of benzene rings is 4. The van der Waals surface area contributed by atoms with Gasteiger partial charge < -0.3 is 30.1 Å². The normalized spacial score (nSPS) is 14.3. The zero-order chi connectivity index (χ0) is 39.9. The Labute approximate surface area is 319 Å². The standard InChI is InChI=1S/C43H47F2N3O7/c1-26(2)21-35(41(51)52)48(40(50)37(47-42(53)55-43(3,4)5)30-22-28-15-9-10-16-29(28)23-30)38(32-20-19-31(44)24-33(32)45)39(49)46-34-17-11-12-18-36(34)54-25-27-13-7-6-8-14-27/h6-20,24,26,30,35,37-38H,21-23,25H2,1-5H3,(H,46,49)(H,47,53)(H,51,52)/t35-,37-,38-/m1/s1. The average Bonchev–Trinajstić information content (AvgIpc) is 3.55. The predicted octanol–water partition coefficient (Wildman–Crippen LogP) is 7.86. The second-order valence-electron chi connectivity index (χ2n) is 15.1. The zero-order valence-electron chi connectivity index (χ0n) is 31.6. The van der Waals surface area contributed by atoms with Crippen molar-refractivity contribution in [2.45, 2.75) is 84.2 Å². The van der Waals surface area contributed by atoms with Crippen LogP contribution in [0.25, 0.3) is 0 Å². The van der Waals surface area contributed by atoms with E-state index in [4.69, 9.17) is 9.47 Å². The van der Waals surface area contributed by atoms with Gasteiger partial charge in [-0.2, -0.15) is 0 Å². The van der Waals surface area contributed by atoms with E-state index in [1.165, 1.54) is 0 Å². The van der Waals surface area contributed by atoms with Gasteiger partial charge in [-0.05, 0) is 86.8 Å². The van der Waals surface area contributed by atoms with Crippen molar-refractivity contribution in [3.05, 3.63) is 131 Å². The molecular formula is C43H47F2N3O7. The van der Waals surface area contributed by atoms with Crippen LogP contribution >= 0.6 is 0 Å². The van der Waals surface area contributed by atoms with Gasteiger partial charge in [0, 0.05) is 11.6 Å². The van der Waals surface area contributed by atoms with Crippen LogP contribution < -0.4 is 15.4 Å². The van der Waals surface area contributed by atoms with Crippen LogP contribution in [0, 0.1) is 23.5 Å². The smallest absolute Gasteiger partial charge is 0.408 e. The van der Waals surface area contributed by atoms with E-state index in [2.05, 4.69) is 10.6 Å². The number of aliphatic carboxylic acids is 1. The van der Waals surface area contributed by atoms with Crippen molar-refractivity contribution in [2.24, 2.45) is 11.8 Å². The van der Waals surface area contributed by atoms with Gasteiger partial charge in [-0.25, -0.2) is 18.4 Å². The molecule has 4 aromatic carbocycles. The Hall–Kier alpha value is -5.78. The highest BCUT2D eigenvalue weighted by atomic mass is 19.1. The Morgan fingerprint density at radius 3 is 2.09 bits per heavy atom. The van der Waals surface area contributed by atoms with Crippen molar-refractivity contribution in [1.82, 2.24) is 10.2 Å². The Morgan fingerprint density at radius 2 is 1.49 bits per heavy atom. The van der Waals surface area contributed by atoms with Crippen LogP contribution in [0.5, 0.6) is 5.75 Å². The number of carbonyl (C=O) groups excluding carboxylic acids is 3. The lowest BCUT2D eigenvalue weighted by Crippen LogP contribution is -2.59. The second-order valence-corrected chi connectivity index (χ2v) is 15.1. The highest BCUT2D eigenvalue weighted by Gasteiger charge is 2.47. The van der Waals surface area contributed by atoms with E-state index in [0.717, 1.165) is 33.7 Å². The number of nitrogens with one attached hydrogen (secondary N) is 2. The van der Waals surface area contributed by atoms with Crippen molar-refractivity contribution in [3.8, 4) is 5.75 Å². The summed E-state index contributed by atoms with van der Waals surface area (Å²) in [5.74, 6) is -6.18. The molecule has 0 saturated heterocycles. The topological polar surface area (TPSA) is 134 Å². The van der Waals surface area contributed by atoms with E-state index >= 15 is 9.18 Å². The van der Waals surface area contributed by atoms with Crippen LogP contribution in [0.15, 0.2) is 97.1 Å². The fourth-order valence-electron chi connectivity index (χ4n) is 6.82. The maximum Gasteiger partial charge on any atom is 0.408 e. The Bertz CT molecular complexity index is 1970. The molecule has 0 unspecified atom stereocenters. The third kappa shape index (κ3) is 10.5. The summed E-state index contributed by atoms with van der Waals surface area (Å²) in [6, 6.07) is 20.8. The lowest BCUT2D eigenvalue weighted by atomic mass is 9.91. The van der Waals surface area contributed by atoms with Crippen molar-refractivity contribution in [2.75, 3.05) is 5.32 Å². The number of hydrogen-bond acceptors (Lipinski definition) is 6. The summed E-state index contributed by atoms with van der Waals surface area (Å²) in [5.41, 5.74) is 1.48. The average molecular weight is 756 g/mol. The number of carboxylic acid groups (broad SMARTS) is 1. The summed E-state index contributed by atoms with van der Waals surface area (Å²) in [5, 5.41) is 16.2. The molecule has 10 nitrogen and oxygen atoms in total. The highest BCUT2D eigenvalue weighted by molar-refractivity contribution is 6.01. The first kappa shape index (κ1) is 40.4. The third-order valence-corrected chi connectivity index (χ3v) is 9.23. The molecule has 4 aromatic rings. The van der Waals surface area contributed by atoms with Crippen LogP contribution in [-0.2, 0) is 38.6 Å². The van der Waals surface area contributed by atoms with Crippen LogP contribution in [0.1, 0.15) is 69.3 Å². The highest BCUT2D eigenvalue weighted by Crippen LogP contribution is 2.36. The molecule has 1 aliphatic carbocycles. The van der Waals surface area contributed by atoms with Gasteiger partial charge in [0.1, 0.15) is 47.7 Å². The van der Waals surface area contributed by atoms with Gasteiger partial charge in [0.05, 0.1) is 5.69 Å². The Kier molecular flexibility index (Phi) is 12.9. The maximum absolute atomic E-state index is 16.0. The lowest BCUT2D eigenvalue weighted by Gasteiger charge is -2.39. The molecule has 5 rings (SSSR count). The molecule has 1 aliphatic rings. The first-order valence-corrected chi connectivity index (χ1v) is 18.2. The molecule has 0 radical (unpaired) electrons. The first-order valence-electron chi connectivity index (χ1n) is 18.2. The summed E-state index contributed by atoms with van der Waals surface area (Å²) in [6.07, 6.45) is -0.400. The molecular weight excluding hydrogens is 708 g/mol. The number of amides is 3. The fraction of sp³-hybridized carbons (Fsp3) is 0.349. The van der Waals surface area contributed by atoms with Crippen molar-refractivity contribution in [1.29, 1.82) is 0 Å². The molecule has 0 heterocycles. The van der Waals surface area contributed by atoms with Crippen molar-refractivity contribution in [3.63, 3.8) is 0 Å². The number of fused-ring (bicyclic) bond motifs is 1. The molecule has 0 fully saturated rings. The fourth-order valence-corrected chi connectivity index (χ4v) is 6.82. The minimum absolute atomic E-state index is 0.144. The predicted molar refractivity (Wildman–Crippen MR) is 203 cm³/mol. The molecule has 0 bridgehead atoms. The van der Waals surface area contributed by atoms with Gasteiger partial charge in [0.25, 0.3) is 5.91 Å². The molecule has 0 spiro atoms. The molecule has 0 aliphatic heterocycles. The largest absolute Gasteiger partial charge is 0.487 e. The number of para-hydroxylation sites is 2. The van der Waals surface area contributed by atoms with Crippen molar-refractivity contribution >= 4 is 29.6 Å². The minimum Gasteiger partial charge on any atom is -0.487 e. The number of alkyl carbamates (subject to hydrolysis) is 1. The molecule has 0 aromatic heterocycles. The van der Waals surface area contributed by atoms with Gasteiger partial charge in [-0.3, -0.25) is 9.59 Å². The number of carbonyl (C=O) groups is 4. The summed E-state index contributed by atoms with van der Waals surface area (Å²) < 4.78 is 42.0. The number of nitrogens with zero attached hydrogens (tertiary/aromatic N) is 1. The summed E-state index contributed by atoms with van der Waals surface area (Å²) in [6.45, 7) is 8.61. The lowest BCUT2D eigenvalue weighted by molar-refractivity contribution is -0.157. The Balaban J connectivity index is 1.63. The summed E-state index contributed by atoms with van der Waals surface area (Å²) >= 11 is 0. The van der Waals surface area contributed by atoms with E-state index in [-0.39, 0.29) is 30.4 Å². The maximum atomic E-state index is 16.0. The van der Waals surface area contributed by atoms with Crippen molar-refractivity contribution < 1.29 is 42.5 Å². The minimum atomic E-state index is -1.96. The number of ether oxygens (including phenoxy) is 2. The van der Waals surface area contributed by atoms with Gasteiger partial charge in [-0.15, -0.1) is 0 Å². The molecule has 3 amide bonds. The zero-order valence-corrected chi connectivity index (χ0v) is 31.6. The summed E-state index contributed by atoms with van der Waals surface area (Å²) in [4.78, 5) is 57.5. The number of halogens is 2. The number of anilines is 1. The van der Waals surface area contributed by atoms with Gasteiger partial charge in [-0.1, -0.05) is 86.6 Å². The van der Waals surface area contributed by atoms with Gasteiger partial charge >= 0.3 is 12.1 Å². The van der Waals surface area contributed by atoms with Crippen LogP contribution in [0.3, 0.4) is 0 Å². The van der Waals surface area contributed by atoms with E-state index in [1.807, 2.05) is 54.6 Å². The van der Waals surface area contributed by atoms with Crippen LogP contribution in [0.2, 0.25) is 0 Å². The molecule has 3 atom stereocenters. The number of hydrogen-bond donors (Lipinski definition) is 3. The van der Waals surface area contributed by atoms with Crippen LogP contribution in [-0.4, -0.2) is 51.6 Å². The van der Waals surface area contributed by atoms with Gasteiger partial charge in [0.15, 0.2) is 0 Å². The third-order valence-electron chi connectivity index (χ3n) is 9.23. The molecule has 3 N–H and O–H groups in total. The molecule has 55 heavy (non-hydrogen) atoms. The number of rotatable bonds is 14. The SMILES string of the molecule is CC(C)C[C@H](C(=O)O)N(C(=O)[C@H](NC(=O)OC(C)(C)C)C1Cc2ccccc2C1)[C@@H](C(=O)Nc1ccccc1OCc1ccccc1)c1ccc(F)cc1F.